The molecule has 0 aliphatic rings. The van der Waals surface area contributed by atoms with E-state index < -0.39 is 18.6 Å². The minimum atomic E-state index is -4.52. The van der Waals surface area contributed by atoms with Gasteiger partial charge in [-0.3, -0.25) is 4.79 Å². The number of nitrogens with one attached hydrogen (secondary N) is 2. The largest absolute Gasteiger partial charge is 0.405 e. The topological polar surface area (TPSA) is 64.9 Å². The molecule has 7 heteroatoms. The van der Waals surface area contributed by atoms with Crippen LogP contribution in [-0.2, 0) is 4.79 Å². The van der Waals surface area contributed by atoms with Gasteiger partial charge in [0.15, 0.2) is 5.92 Å². The average molecular weight is 251 g/mol. The standard InChI is InChI=1S/C10H16F3N3O/c1-2-4-16-9(17)3-5-15-7-8(6-14)10(11,12)13/h8,15H,2-5,7H2,1H3,(H,16,17). The smallest absolute Gasteiger partial charge is 0.356 e. The molecule has 0 rings (SSSR count). The Hall–Kier alpha value is -1.29. The lowest BCUT2D eigenvalue weighted by atomic mass is 10.1. The van der Waals surface area contributed by atoms with Gasteiger partial charge in [0.1, 0.15) is 0 Å². The zero-order valence-corrected chi connectivity index (χ0v) is 9.60. The summed E-state index contributed by atoms with van der Waals surface area (Å²) < 4.78 is 36.4. The number of carbonyl (C=O) groups excluding carboxylic acids is 1. The van der Waals surface area contributed by atoms with Crippen LogP contribution in [0.5, 0.6) is 0 Å². The molecule has 4 nitrogen and oxygen atoms in total. The van der Waals surface area contributed by atoms with E-state index in [2.05, 4.69) is 10.6 Å². The third kappa shape index (κ3) is 7.58. The number of nitriles is 1. The Morgan fingerprint density at radius 3 is 2.53 bits per heavy atom. The fourth-order valence-electron chi connectivity index (χ4n) is 1.04. The van der Waals surface area contributed by atoms with Crippen LogP contribution in [0.2, 0.25) is 0 Å². The Kier molecular flexibility index (Phi) is 7.30. The van der Waals surface area contributed by atoms with Gasteiger partial charge in [-0.2, -0.15) is 18.4 Å². The fourth-order valence-corrected chi connectivity index (χ4v) is 1.04. The molecule has 1 amide bonds. The van der Waals surface area contributed by atoms with Gasteiger partial charge in [-0.05, 0) is 6.42 Å². The Balaban J connectivity index is 3.70. The molecule has 1 atom stereocenters. The van der Waals surface area contributed by atoms with Crippen molar-refractivity contribution >= 4 is 5.91 Å². The van der Waals surface area contributed by atoms with Crippen LogP contribution in [0.1, 0.15) is 19.8 Å². The van der Waals surface area contributed by atoms with Crippen LogP contribution in [0.15, 0.2) is 0 Å². The van der Waals surface area contributed by atoms with Crippen molar-refractivity contribution < 1.29 is 18.0 Å². The minimum absolute atomic E-state index is 0.107. The first-order valence-corrected chi connectivity index (χ1v) is 5.35. The highest BCUT2D eigenvalue weighted by Crippen LogP contribution is 2.24. The second-order valence-corrected chi connectivity index (χ2v) is 3.53. The molecule has 0 saturated carbocycles. The predicted molar refractivity (Wildman–Crippen MR) is 55.9 cm³/mol. The minimum Gasteiger partial charge on any atom is -0.356 e. The number of hydrogen-bond acceptors (Lipinski definition) is 3. The van der Waals surface area contributed by atoms with E-state index in [4.69, 9.17) is 5.26 Å². The van der Waals surface area contributed by atoms with Gasteiger partial charge in [0.25, 0.3) is 0 Å². The molecule has 0 bridgehead atoms. The lowest BCUT2D eigenvalue weighted by molar-refractivity contribution is -0.157. The number of alkyl halides is 3. The third-order valence-electron chi connectivity index (χ3n) is 2.00. The molecule has 98 valence electrons. The van der Waals surface area contributed by atoms with Crippen LogP contribution in [0, 0.1) is 17.2 Å². The maximum atomic E-state index is 12.1. The Bertz CT molecular complexity index is 273. The van der Waals surface area contributed by atoms with Crippen molar-refractivity contribution in [1.82, 2.24) is 10.6 Å². The lowest BCUT2D eigenvalue weighted by Crippen LogP contribution is -2.34. The summed E-state index contributed by atoms with van der Waals surface area (Å²) in [6.45, 7) is 2.10. The highest BCUT2D eigenvalue weighted by Gasteiger charge is 2.39. The molecular formula is C10H16F3N3O. The molecule has 0 spiro atoms. The number of amides is 1. The van der Waals surface area contributed by atoms with Gasteiger partial charge in [0, 0.05) is 26.1 Å². The highest BCUT2D eigenvalue weighted by molar-refractivity contribution is 5.75. The van der Waals surface area contributed by atoms with E-state index in [1.807, 2.05) is 6.92 Å². The normalized spacial score (nSPS) is 12.9. The number of halogens is 3. The van der Waals surface area contributed by atoms with Crippen molar-refractivity contribution in [3.05, 3.63) is 0 Å². The SMILES string of the molecule is CCCNC(=O)CCNCC(C#N)C(F)(F)F. The Morgan fingerprint density at radius 1 is 1.41 bits per heavy atom. The van der Waals surface area contributed by atoms with Crippen molar-refractivity contribution in [1.29, 1.82) is 5.26 Å². The van der Waals surface area contributed by atoms with Crippen molar-refractivity contribution in [2.24, 2.45) is 5.92 Å². The first kappa shape index (κ1) is 15.7. The summed E-state index contributed by atoms with van der Waals surface area (Å²) in [6.07, 6.45) is -3.61. The van der Waals surface area contributed by atoms with E-state index >= 15 is 0 Å². The molecular weight excluding hydrogens is 235 g/mol. The summed E-state index contributed by atoms with van der Waals surface area (Å²) in [5.41, 5.74) is 0. The summed E-state index contributed by atoms with van der Waals surface area (Å²) in [6, 6.07) is 1.18. The number of rotatable bonds is 7. The molecule has 0 radical (unpaired) electrons. The zero-order chi connectivity index (χ0) is 13.3. The number of hydrogen-bond donors (Lipinski definition) is 2. The first-order valence-electron chi connectivity index (χ1n) is 5.35. The predicted octanol–water partition coefficient (Wildman–Crippen LogP) is 1.19. The maximum Gasteiger partial charge on any atom is 0.405 e. The molecule has 0 aromatic rings. The van der Waals surface area contributed by atoms with Gasteiger partial charge in [-0.1, -0.05) is 6.92 Å². The second-order valence-electron chi connectivity index (χ2n) is 3.53. The first-order chi connectivity index (χ1) is 7.91. The fraction of sp³-hybridized carbons (Fsp3) is 0.800. The Morgan fingerprint density at radius 2 is 2.06 bits per heavy atom. The van der Waals surface area contributed by atoms with Crippen molar-refractivity contribution in [3.8, 4) is 6.07 Å². The van der Waals surface area contributed by atoms with Crippen molar-refractivity contribution in [2.75, 3.05) is 19.6 Å². The summed E-state index contributed by atoms with van der Waals surface area (Å²) >= 11 is 0. The van der Waals surface area contributed by atoms with E-state index in [0.717, 1.165) is 6.42 Å². The summed E-state index contributed by atoms with van der Waals surface area (Å²) in [5.74, 6) is -2.24. The van der Waals surface area contributed by atoms with Crippen LogP contribution >= 0.6 is 0 Å². The van der Waals surface area contributed by atoms with E-state index in [0.29, 0.717) is 6.54 Å². The maximum absolute atomic E-state index is 12.1. The van der Waals surface area contributed by atoms with Gasteiger partial charge in [-0.15, -0.1) is 0 Å². The monoisotopic (exact) mass is 251 g/mol. The summed E-state index contributed by atoms with van der Waals surface area (Å²) in [5, 5.41) is 13.3. The molecule has 0 aliphatic carbocycles. The van der Waals surface area contributed by atoms with Crippen molar-refractivity contribution in [2.45, 2.75) is 25.9 Å². The third-order valence-corrected chi connectivity index (χ3v) is 2.00. The van der Waals surface area contributed by atoms with Crippen LogP contribution in [0.4, 0.5) is 13.2 Å². The van der Waals surface area contributed by atoms with E-state index in [1.165, 1.54) is 6.07 Å². The molecule has 2 N–H and O–H groups in total. The van der Waals surface area contributed by atoms with E-state index in [-0.39, 0.29) is 18.9 Å². The van der Waals surface area contributed by atoms with Crippen LogP contribution in [0.25, 0.3) is 0 Å². The second kappa shape index (κ2) is 7.90. The van der Waals surface area contributed by atoms with Crippen molar-refractivity contribution in [3.63, 3.8) is 0 Å². The number of carbonyl (C=O) groups is 1. The Labute approximate surface area is 98.2 Å². The highest BCUT2D eigenvalue weighted by atomic mass is 19.4. The van der Waals surface area contributed by atoms with Crippen LogP contribution in [-0.4, -0.2) is 31.7 Å². The van der Waals surface area contributed by atoms with Crippen LogP contribution < -0.4 is 10.6 Å². The molecule has 0 saturated heterocycles. The van der Waals surface area contributed by atoms with Gasteiger partial charge < -0.3 is 10.6 Å². The molecule has 0 fully saturated rings. The molecule has 0 aromatic heterocycles. The summed E-state index contributed by atoms with van der Waals surface area (Å²) in [7, 11) is 0. The molecule has 0 heterocycles. The summed E-state index contributed by atoms with van der Waals surface area (Å²) in [4.78, 5) is 11.1. The van der Waals surface area contributed by atoms with Gasteiger partial charge in [-0.25, -0.2) is 0 Å². The van der Waals surface area contributed by atoms with E-state index in [1.54, 1.807) is 0 Å². The lowest BCUT2D eigenvalue weighted by Gasteiger charge is -2.13. The van der Waals surface area contributed by atoms with Gasteiger partial charge in [0.05, 0.1) is 6.07 Å². The van der Waals surface area contributed by atoms with E-state index in [9.17, 15) is 18.0 Å². The quantitative estimate of drug-likeness (QED) is 0.668. The molecule has 0 aromatic carbocycles. The molecule has 0 aliphatic heterocycles. The number of nitrogens with zero attached hydrogens (tertiary/aromatic N) is 1. The molecule has 1 unspecified atom stereocenters. The average Bonchev–Trinajstić information content (AvgIpc) is 2.24. The zero-order valence-electron chi connectivity index (χ0n) is 9.60. The molecule has 17 heavy (non-hydrogen) atoms. The van der Waals surface area contributed by atoms with Crippen LogP contribution in [0.3, 0.4) is 0 Å². The van der Waals surface area contributed by atoms with Gasteiger partial charge >= 0.3 is 6.18 Å². The van der Waals surface area contributed by atoms with Gasteiger partial charge in [0.2, 0.25) is 5.91 Å².